The highest BCUT2D eigenvalue weighted by Crippen LogP contribution is 2.32. The predicted molar refractivity (Wildman–Crippen MR) is 97.1 cm³/mol. The molecule has 1 aliphatic rings. The highest BCUT2D eigenvalue weighted by atomic mass is 32.2. The van der Waals surface area contributed by atoms with Gasteiger partial charge in [-0.15, -0.1) is 0 Å². The Morgan fingerprint density at radius 3 is 2.16 bits per heavy atom. The first kappa shape index (κ1) is 19.2. The van der Waals surface area contributed by atoms with E-state index in [9.17, 15) is 18.0 Å². The summed E-state index contributed by atoms with van der Waals surface area (Å²) in [6.07, 6.45) is 0.154. The van der Waals surface area contributed by atoms with Crippen molar-refractivity contribution in [2.75, 3.05) is 11.9 Å². The molecule has 0 aliphatic carbocycles. The van der Waals surface area contributed by atoms with Crippen LogP contribution < -0.4 is 15.4 Å². The Hall–Kier alpha value is -2.09. The Morgan fingerprint density at radius 1 is 1.16 bits per heavy atom. The standard InChI is InChI=1S/C17H25N3O4S/c1-10(2)12-6-5-7-13(11(3)4)15(12)19-17(22)20-25(23,24)14-8-9-18-16(14)21/h5-7,10-11,14H,8-9H2,1-4H3,(H,18,21)(H2,19,20,22). The molecule has 3 amide bonds. The number of urea groups is 1. The summed E-state index contributed by atoms with van der Waals surface area (Å²) in [7, 11) is -4.07. The van der Waals surface area contributed by atoms with Crippen molar-refractivity contribution in [1.82, 2.24) is 10.0 Å². The third-order valence-electron chi connectivity index (χ3n) is 4.22. The van der Waals surface area contributed by atoms with Crippen LogP contribution in [0.1, 0.15) is 57.1 Å². The number of anilines is 1. The summed E-state index contributed by atoms with van der Waals surface area (Å²) in [4.78, 5) is 23.9. The Morgan fingerprint density at radius 2 is 1.72 bits per heavy atom. The van der Waals surface area contributed by atoms with Crippen LogP contribution in [-0.2, 0) is 14.8 Å². The van der Waals surface area contributed by atoms with Crippen LogP contribution >= 0.6 is 0 Å². The van der Waals surface area contributed by atoms with Crippen LogP contribution in [0.2, 0.25) is 0 Å². The molecule has 1 heterocycles. The Bertz CT molecular complexity index is 746. The quantitative estimate of drug-likeness (QED) is 0.742. The fraction of sp³-hybridized carbons (Fsp3) is 0.529. The molecule has 0 radical (unpaired) electrons. The Labute approximate surface area is 148 Å². The van der Waals surface area contributed by atoms with Crippen LogP contribution in [0.5, 0.6) is 0 Å². The van der Waals surface area contributed by atoms with Crippen LogP contribution in [-0.4, -0.2) is 32.2 Å². The fourth-order valence-corrected chi connectivity index (χ4v) is 4.15. The second kappa shape index (κ2) is 7.43. The minimum absolute atomic E-state index is 0.154. The third-order valence-corrected chi connectivity index (χ3v) is 5.89. The molecule has 138 valence electrons. The average Bonchev–Trinajstić information content (AvgIpc) is 2.93. The highest BCUT2D eigenvalue weighted by Gasteiger charge is 2.37. The molecule has 0 spiro atoms. The number of para-hydroxylation sites is 1. The van der Waals surface area contributed by atoms with Gasteiger partial charge in [-0.05, 0) is 29.4 Å². The van der Waals surface area contributed by atoms with E-state index in [2.05, 4.69) is 10.6 Å². The van der Waals surface area contributed by atoms with Gasteiger partial charge in [0.2, 0.25) is 15.9 Å². The number of benzene rings is 1. The maximum atomic E-state index is 12.3. The summed E-state index contributed by atoms with van der Waals surface area (Å²) in [6.45, 7) is 8.30. The third kappa shape index (κ3) is 4.31. The van der Waals surface area contributed by atoms with Gasteiger partial charge in [0.25, 0.3) is 0 Å². The van der Waals surface area contributed by atoms with Crippen molar-refractivity contribution in [2.45, 2.75) is 51.2 Å². The van der Waals surface area contributed by atoms with Gasteiger partial charge in [-0.25, -0.2) is 17.9 Å². The predicted octanol–water partition coefficient (Wildman–Crippen LogP) is 2.27. The second-order valence-electron chi connectivity index (χ2n) is 6.79. The van der Waals surface area contributed by atoms with E-state index in [1.807, 2.05) is 50.6 Å². The molecule has 0 bridgehead atoms. The van der Waals surface area contributed by atoms with Crippen molar-refractivity contribution in [3.05, 3.63) is 29.3 Å². The number of hydrogen-bond donors (Lipinski definition) is 3. The van der Waals surface area contributed by atoms with Crippen molar-refractivity contribution in [2.24, 2.45) is 0 Å². The van der Waals surface area contributed by atoms with Crippen LogP contribution in [0, 0.1) is 0 Å². The lowest BCUT2D eigenvalue weighted by Crippen LogP contribution is -2.43. The molecule has 1 aromatic carbocycles. The number of rotatable bonds is 5. The molecule has 3 N–H and O–H groups in total. The summed E-state index contributed by atoms with van der Waals surface area (Å²) < 4.78 is 26.5. The van der Waals surface area contributed by atoms with E-state index in [0.29, 0.717) is 12.2 Å². The fourth-order valence-electron chi connectivity index (χ4n) is 2.90. The Balaban J connectivity index is 2.24. The van der Waals surface area contributed by atoms with Gasteiger partial charge in [-0.2, -0.15) is 0 Å². The molecule has 25 heavy (non-hydrogen) atoms. The molecule has 1 aromatic rings. The number of sulfonamides is 1. The maximum Gasteiger partial charge on any atom is 0.332 e. The molecule has 0 saturated carbocycles. The van der Waals surface area contributed by atoms with Crippen molar-refractivity contribution in [3.63, 3.8) is 0 Å². The lowest BCUT2D eigenvalue weighted by Gasteiger charge is -2.20. The first-order chi connectivity index (χ1) is 11.6. The molecule has 7 nitrogen and oxygen atoms in total. The topological polar surface area (TPSA) is 104 Å². The lowest BCUT2D eigenvalue weighted by molar-refractivity contribution is -0.118. The van der Waals surface area contributed by atoms with E-state index >= 15 is 0 Å². The average molecular weight is 367 g/mol. The molecule has 1 unspecified atom stereocenters. The van der Waals surface area contributed by atoms with Crippen LogP contribution in [0.25, 0.3) is 0 Å². The van der Waals surface area contributed by atoms with Crippen molar-refractivity contribution < 1.29 is 18.0 Å². The van der Waals surface area contributed by atoms with Crippen molar-refractivity contribution in [1.29, 1.82) is 0 Å². The molecule has 1 fully saturated rings. The highest BCUT2D eigenvalue weighted by molar-refractivity contribution is 7.91. The van der Waals surface area contributed by atoms with Crippen LogP contribution in [0.15, 0.2) is 18.2 Å². The Kier molecular flexibility index (Phi) is 5.72. The first-order valence-corrected chi connectivity index (χ1v) is 9.91. The van der Waals surface area contributed by atoms with Crippen molar-refractivity contribution in [3.8, 4) is 0 Å². The number of hydrogen-bond acceptors (Lipinski definition) is 4. The van der Waals surface area contributed by atoms with Gasteiger partial charge >= 0.3 is 6.03 Å². The van der Waals surface area contributed by atoms with Crippen molar-refractivity contribution >= 4 is 27.6 Å². The van der Waals surface area contributed by atoms with E-state index < -0.39 is 27.2 Å². The molecular formula is C17H25N3O4S. The van der Waals surface area contributed by atoms with Gasteiger partial charge in [-0.1, -0.05) is 45.9 Å². The van der Waals surface area contributed by atoms with Gasteiger partial charge in [0, 0.05) is 12.2 Å². The summed E-state index contributed by atoms with van der Waals surface area (Å²) in [5, 5.41) is 3.90. The summed E-state index contributed by atoms with van der Waals surface area (Å²) in [5.74, 6) is -0.261. The monoisotopic (exact) mass is 367 g/mol. The molecular weight excluding hydrogens is 342 g/mol. The SMILES string of the molecule is CC(C)c1cccc(C(C)C)c1NC(=O)NS(=O)(=O)C1CCNC1=O. The first-order valence-electron chi connectivity index (χ1n) is 8.36. The zero-order chi connectivity index (χ0) is 18.8. The summed E-state index contributed by atoms with van der Waals surface area (Å²) in [5.41, 5.74) is 2.48. The molecule has 8 heteroatoms. The van der Waals surface area contributed by atoms with Gasteiger partial charge < -0.3 is 10.6 Å². The van der Waals surface area contributed by atoms with E-state index in [1.54, 1.807) is 0 Å². The number of amides is 3. The molecule has 1 saturated heterocycles. The van der Waals surface area contributed by atoms with E-state index in [-0.39, 0.29) is 18.3 Å². The van der Waals surface area contributed by atoms with Crippen LogP contribution in [0.3, 0.4) is 0 Å². The smallest absolute Gasteiger partial charge is 0.332 e. The normalized spacial score (nSPS) is 17.7. The molecule has 1 atom stereocenters. The number of carbonyl (C=O) groups excluding carboxylic acids is 2. The summed E-state index contributed by atoms with van der Waals surface area (Å²) >= 11 is 0. The maximum absolute atomic E-state index is 12.3. The van der Waals surface area contributed by atoms with E-state index in [4.69, 9.17) is 0 Å². The van der Waals surface area contributed by atoms with Gasteiger partial charge in [0.05, 0.1) is 0 Å². The number of carbonyl (C=O) groups is 2. The number of nitrogens with one attached hydrogen (secondary N) is 3. The largest absolute Gasteiger partial charge is 0.355 e. The zero-order valence-corrected chi connectivity index (χ0v) is 15.7. The molecule has 2 rings (SSSR count). The minimum Gasteiger partial charge on any atom is -0.355 e. The van der Waals surface area contributed by atoms with Gasteiger partial charge in [0.1, 0.15) is 0 Å². The minimum atomic E-state index is -4.07. The molecule has 1 aliphatic heterocycles. The zero-order valence-electron chi connectivity index (χ0n) is 14.9. The second-order valence-corrected chi connectivity index (χ2v) is 8.65. The van der Waals surface area contributed by atoms with Gasteiger partial charge in [0.15, 0.2) is 5.25 Å². The van der Waals surface area contributed by atoms with E-state index in [1.165, 1.54) is 0 Å². The van der Waals surface area contributed by atoms with E-state index in [0.717, 1.165) is 11.1 Å². The van der Waals surface area contributed by atoms with Gasteiger partial charge in [-0.3, -0.25) is 4.79 Å². The van der Waals surface area contributed by atoms with Crippen LogP contribution in [0.4, 0.5) is 10.5 Å². The molecule has 0 aromatic heterocycles. The summed E-state index contributed by atoms with van der Waals surface area (Å²) in [6, 6.07) is 4.89. The lowest BCUT2D eigenvalue weighted by atomic mass is 9.93.